The van der Waals surface area contributed by atoms with Crippen molar-refractivity contribution >= 4 is 34.1 Å². The van der Waals surface area contributed by atoms with E-state index in [9.17, 15) is 4.79 Å². The number of nitrogens with zero attached hydrogens (tertiary/aromatic N) is 2. The van der Waals surface area contributed by atoms with Crippen molar-refractivity contribution in [1.82, 2.24) is 10.4 Å². The van der Waals surface area contributed by atoms with Gasteiger partial charge in [0.15, 0.2) is 0 Å². The SMILES string of the molecule is C/C(=N/NC(=O)c1cc(-c2ccccc2)nc2ccccc12)c1ccc(Cl)cc1. The molecular formula is C24H18ClN3O. The van der Waals surface area contributed by atoms with Crippen molar-refractivity contribution in [3.63, 3.8) is 0 Å². The van der Waals surface area contributed by atoms with Crippen molar-refractivity contribution in [2.24, 2.45) is 5.10 Å². The van der Waals surface area contributed by atoms with Crippen LogP contribution in [0.5, 0.6) is 0 Å². The molecule has 0 spiro atoms. The highest BCUT2D eigenvalue weighted by Crippen LogP contribution is 2.24. The van der Waals surface area contributed by atoms with E-state index in [0.29, 0.717) is 16.3 Å². The van der Waals surface area contributed by atoms with Crippen molar-refractivity contribution in [2.45, 2.75) is 6.92 Å². The third kappa shape index (κ3) is 4.18. The number of para-hydroxylation sites is 1. The van der Waals surface area contributed by atoms with E-state index < -0.39 is 0 Å². The minimum atomic E-state index is -0.283. The van der Waals surface area contributed by atoms with Crippen molar-refractivity contribution in [3.05, 3.63) is 101 Å². The molecule has 0 saturated carbocycles. The number of benzene rings is 3. The van der Waals surface area contributed by atoms with Gasteiger partial charge in [-0.25, -0.2) is 10.4 Å². The van der Waals surface area contributed by atoms with Crippen LogP contribution in [0, 0.1) is 0 Å². The zero-order chi connectivity index (χ0) is 20.2. The Kier molecular flexibility index (Phi) is 5.36. The lowest BCUT2D eigenvalue weighted by Gasteiger charge is -2.09. The van der Waals surface area contributed by atoms with Gasteiger partial charge in [0, 0.05) is 16.0 Å². The summed E-state index contributed by atoms with van der Waals surface area (Å²) in [6.07, 6.45) is 0. The summed E-state index contributed by atoms with van der Waals surface area (Å²) in [7, 11) is 0. The lowest BCUT2D eigenvalue weighted by atomic mass is 10.0. The van der Waals surface area contributed by atoms with Crippen LogP contribution in [0.2, 0.25) is 5.02 Å². The molecule has 0 unspecified atom stereocenters. The molecule has 1 N–H and O–H groups in total. The van der Waals surface area contributed by atoms with Gasteiger partial charge < -0.3 is 0 Å². The normalized spacial score (nSPS) is 11.4. The van der Waals surface area contributed by atoms with E-state index in [2.05, 4.69) is 10.5 Å². The maximum atomic E-state index is 13.0. The molecule has 0 aliphatic heterocycles. The Bertz CT molecular complexity index is 1200. The van der Waals surface area contributed by atoms with E-state index in [-0.39, 0.29) is 5.91 Å². The summed E-state index contributed by atoms with van der Waals surface area (Å²) in [6, 6.07) is 26.5. The average molecular weight is 400 g/mol. The van der Waals surface area contributed by atoms with Gasteiger partial charge in [-0.1, -0.05) is 72.3 Å². The monoisotopic (exact) mass is 399 g/mol. The van der Waals surface area contributed by atoms with Crippen LogP contribution < -0.4 is 5.43 Å². The quantitative estimate of drug-likeness (QED) is 0.353. The Morgan fingerprint density at radius 2 is 1.62 bits per heavy atom. The van der Waals surface area contributed by atoms with E-state index in [1.165, 1.54) is 0 Å². The number of amides is 1. The standard InChI is InChI=1S/C24H18ClN3O/c1-16(17-11-13-19(25)14-12-17)27-28-24(29)21-15-23(18-7-3-2-4-8-18)26-22-10-6-5-9-20(21)22/h2-15H,1H3,(H,28,29)/b27-16-. The van der Waals surface area contributed by atoms with E-state index in [4.69, 9.17) is 16.6 Å². The lowest BCUT2D eigenvalue weighted by Crippen LogP contribution is -2.20. The molecule has 0 atom stereocenters. The molecule has 3 aromatic carbocycles. The fraction of sp³-hybridized carbons (Fsp3) is 0.0417. The van der Waals surface area contributed by atoms with E-state index in [1.807, 2.05) is 73.7 Å². The summed E-state index contributed by atoms with van der Waals surface area (Å²) in [5, 5.41) is 5.70. The van der Waals surface area contributed by atoms with Gasteiger partial charge in [-0.15, -0.1) is 0 Å². The summed E-state index contributed by atoms with van der Waals surface area (Å²) in [6.45, 7) is 1.84. The number of rotatable bonds is 4. The van der Waals surface area contributed by atoms with Gasteiger partial charge in [-0.3, -0.25) is 4.79 Å². The van der Waals surface area contributed by atoms with E-state index in [0.717, 1.165) is 27.7 Å². The summed E-state index contributed by atoms with van der Waals surface area (Å²) in [5.41, 5.74) is 7.24. The molecule has 0 radical (unpaired) electrons. The lowest BCUT2D eigenvalue weighted by molar-refractivity contribution is 0.0956. The van der Waals surface area contributed by atoms with Crippen LogP contribution in [-0.4, -0.2) is 16.6 Å². The Labute approximate surface area is 173 Å². The first-order chi connectivity index (χ1) is 14.1. The predicted molar refractivity (Wildman–Crippen MR) is 118 cm³/mol. The predicted octanol–water partition coefficient (Wildman–Crippen LogP) is 5.71. The first-order valence-electron chi connectivity index (χ1n) is 9.17. The first-order valence-corrected chi connectivity index (χ1v) is 9.55. The minimum absolute atomic E-state index is 0.283. The summed E-state index contributed by atoms with van der Waals surface area (Å²) >= 11 is 5.93. The summed E-state index contributed by atoms with van der Waals surface area (Å²) in [5.74, 6) is -0.283. The minimum Gasteiger partial charge on any atom is -0.267 e. The molecular weight excluding hydrogens is 382 g/mol. The molecule has 5 heteroatoms. The van der Waals surface area contributed by atoms with Crippen molar-refractivity contribution < 1.29 is 4.79 Å². The number of fused-ring (bicyclic) bond motifs is 1. The van der Waals surface area contributed by atoms with Crippen LogP contribution in [-0.2, 0) is 0 Å². The molecule has 4 nitrogen and oxygen atoms in total. The zero-order valence-electron chi connectivity index (χ0n) is 15.8. The van der Waals surface area contributed by atoms with Gasteiger partial charge in [0.25, 0.3) is 5.91 Å². The van der Waals surface area contributed by atoms with Crippen LogP contribution in [0.15, 0.2) is 90.0 Å². The van der Waals surface area contributed by atoms with Crippen LogP contribution in [0.1, 0.15) is 22.8 Å². The highest BCUT2D eigenvalue weighted by Gasteiger charge is 2.13. The maximum absolute atomic E-state index is 13.0. The molecule has 0 fully saturated rings. The Balaban J connectivity index is 1.69. The fourth-order valence-electron chi connectivity index (χ4n) is 3.07. The topological polar surface area (TPSA) is 54.4 Å². The number of carbonyl (C=O) groups is 1. The summed E-state index contributed by atoms with van der Waals surface area (Å²) in [4.78, 5) is 17.7. The summed E-state index contributed by atoms with van der Waals surface area (Å²) < 4.78 is 0. The third-order valence-corrected chi connectivity index (χ3v) is 4.87. The average Bonchev–Trinajstić information content (AvgIpc) is 2.77. The second-order valence-electron chi connectivity index (χ2n) is 6.58. The molecule has 0 aliphatic carbocycles. The molecule has 4 aromatic rings. The first kappa shape index (κ1) is 18.8. The fourth-order valence-corrected chi connectivity index (χ4v) is 3.20. The van der Waals surface area contributed by atoms with Crippen molar-refractivity contribution in [3.8, 4) is 11.3 Å². The Morgan fingerprint density at radius 1 is 0.931 bits per heavy atom. The molecule has 1 heterocycles. The van der Waals surface area contributed by atoms with Crippen LogP contribution >= 0.6 is 11.6 Å². The van der Waals surface area contributed by atoms with E-state index >= 15 is 0 Å². The molecule has 1 aromatic heterocycles. The van der Waals surface area contributed by atoms with Gasteiger partial charge in [-0.05, 0) is 36.8 Å². The second kappa shape index (κ2) is 8.25. The highest BCUT2D eigenvalue weighted by molar-refractivity contribution is 6.30. The van der Waals surface area contributed by atoms with Gasteiger partial charge in [0.1, 0.15) is 0 Å². The number of carbonyl (C=O) groups excluding carboxylic acids is 1. The zero-order valence-corrected chi connectivity index (χ0v) is 16.5. The van der Waals surface area contributed by atoms with Crippen molar-refractivity contribution in [1.29, 1.82) is 0 Å². The van der Waals surface area contributed by atoms with Gasteiger partial charge in [-0.2, -0.15) is 5.10 Å². The second-order valence-corrected chi connectivity index (χ2v) is 7.02. The molecule has 142 valence electrons. The Hall–Kier alpha value is -3.50. The number of hydrogen-bond acceptors (Lipinski definition) is 3. The van der Waals surface area contributed by atoms with E-state index in [1.54, 1.807) is 18.2 Å². The number of hydrazone groups is 1. The van der Waals surface area contributed by atoms with Crippen molar-refractivity contribution in [2.75, 3.05) is 0 Å². The molecule has 1 amide bonds. The van der Waals surface area contributed by atoms with Gasteiger partial charge in [0.2, 0.25) is 0 Å². The number of halogens is 1. The Morgan fingerprint density at radius 3 is 2.38 bits per heavy atom. The molecule has 0 bridgehead atoms. The molecule has 29 heavy (non-hydrogen) atoms. The largest absolute Gasteiger partial charge is 0.272 e. The van der Waals surface area contributed by atoms with Gasteiger partial charge >= 0.3 is 0 Å². The molecule has 0 saturated heterocycles. The molecule has 0 aliphatic rings. The highest BCUT2D eigenvalue weighted by atomic mass is 35.5. The maximum Gasteiger partial charge on any atom is 0.272 e. The molecule has 4 rings (SSSR count). The smallest absolute Gasteiger partial charge is 0.267 e. The number of pyridine rings is 1. The third-order valence-electron chi connectivity index (χ3n) is 4.62. The number of hydrogen-bond donors (Lipinski definition) is 1. The van der Waals surface area contributed by atoms with Crippen LogP contribution in [0.4, 0.5) is 0 Å². The number of aromatic nitrogens is 1. The van der Waals surface area contributed by atoms with Crippen LogP contribution in [0.3, 0.4) is 0 Å². The number of nitrogens with one attached hydrogen (secondary N) is 1. The van der Waals surface area contributed by atoms with Gasteiger partial charge in [0.05, 0.1) is 22.5 Å². The van der Waals surface area contributed by atoms with Crippen LogP contribution in [0.25, 0.3) is 22.2 Å².